The molecular formula is C15H21N7O2. The number of aryl methyl sites for hydroxylation is 1. The third kappa shape index (κ3) is 3.66. The molecule has 0 saturated carbocycles. The second-order valence-electron chi connectivity index (χ2n) is 5.88. The number of hydrogen-bond donors (Lipinski definition) is 1. The van der Waals surface area contributed by atoms with E-state index in [9.17, 15) is 4.79 Å². The van der Waals surface area contributed by atoms with Gasteiger partial charge in [-0.05, 0) is 32.6 Å². The van der Waals surface area contributed by atoms with Gasteiger partial charge in [0.25, 0.3) is 0 Å². The zero-order valence-electron chi connectivity index (χ0n) is 13.9. The van der Waals surface area contributed by atoms with Crippen LogP contribution in [0, 0.1) is 12.8 Å². The van der Waals surface area contributed by atoms with Crippen LogP contribution in [0.25, 0.3) is 0 Å². The second kappa shape index (κ2) is 7.33. The van der Waals surface area contributed by atoms with E-state index in [1.807, 2.05) is 0 Å². The molecule has 3 rings (SSSR count). The Kier molecular flexibility index (Phi) is 4.97. The van der Waals surface area contributed by atoms with Crippen molar-refractivity contribution >= 4 is 11.9 Å². The summed E-state index contributed by atoms with van der Waals surface area (Å²) in [6.07, 6.45) is 4.51. The Balaban J connectivity index is 1.69. The molecule has 0 radical (unpaired) electrons. The van der Waals surface area contributed by atoms with E-state index in [1.165, 1.54) is 0 Å². The Morgan fingerprint density at radius 1 is 1.50 bits per heavy atom. The zero-order chi connectivity index (χ0) is 16.9. The number of nitrogens with one attached hydrogen (secondary N) is 1. The van der Waals surface area contributed by atoms with Gasteiger partial charge in [0.2, 0.25) is 5.95 Å². The maximum atomic E-state index is 11.8. The van der Waals surface area contributed by atoms with Crippen molar-refractivity contribution in [3.05, 3.63) is 23.3 Å². The molecule has 0 bridgehead atoms. The van der Waals surface area contributed by atoms with Crippen molar-refractivity contribution in [2.45, 2.75) is 33.1 Å². The van der Waals surface area contributed by atoms with Crippen LogP contribution < -0.4 is 4.90 Å². The number of hydrogen-bond acceptors (Lipinski definition) is 8. The Hall–Kier alpha value is -2.58. The fourth-order valence-corrected chi connectivity index (χ4v) is 2.96. The van der Waals surface area contributed by atoms with E-state index in [1.54, 1.807) is 20.0 Å². The van der Waals surface area contributed by atoms with Crippen molar-refractivity contribution in [1.82, 2.24) is 30.6 Å². The predicted molar refractivity (Wildman–Crippen MR) is 85.5 cm³/mol. The van der Waals surface area contributed by atoms with Gasteiger partial charge in [0, 0.05) is 25.7 Å². The van der Waals surface area contributed by atoms with Crippen LogP contribution in [-0.4, -0.2) is 56.3 Å². The van der Waals surface area contributed by atoms with E-state index in [0.29, 0.717) is 29.7 Å². The lowest BCUT2D eigenvalue weighted by molar-refractivity contribution is 0.0524. The van der Waals surface area contributed by atoms with Gasteiger partial charge >= 0.3 is 5.97 Å². The number of tetrazole rings is 1. The quantitative estimate of drug-likeness (QED) is 0.806. The summed E-state index contributed by atoms with van der Waals surface area (Å²) in [6.45, 7) is 5.66. The Labute approximate surface area is 139 Å². The third-order valence-electron chi connectivity index (χ3n) is 4.12. The molecule has 1 fully saturated rings. The smallest absolute Gasteiger partial charge is 0.341 e. The van der Waals surface area contributed by atoms with Crippen LogP contribution in [0.5, 0.6) is 0 Å². The molecule has 1 aliphatic rings. The summed E-state index contributed by atoms with van der Waals surface area (Å²) < 4.78 is 5.01. The first-order chi connectivity index (χ1) is 11.7. The lowest BCUT2D eigenvalue weighted by Crippen LogP contribution is -2.37. The molecule has 1 aliphatic heterocycles. The van der Waals surface area contributed by atoms with Crippen molar-refractivity contribution in [2.24, 2.45) is 5.92 Å². The number of H-pyrrole nitrogens is 1. The van der Waals surface area contributed by atoms with Crippen LogP contribution in [0.3, 0.4) is 0 Å². The highest BCUT2D eigenvalue weighted by molar-refractivity contribution is 5.90. The lowest BCUT2D eigenvalue weighted by atomic mass is 9.95. The molecule has 2 aromatic rings. The Morgan fingerprint density at radius 2 is 2.38 bits per heavy atom. The number of carbonyl (C=O) groups excluding carboxylic acids is 1. The first-order valence-electron chi connectivity index (χ1n) is 8.15. The van der Waals surface area contributed by atoms with Crippen molar-refractivity contribution < 1.29 is 9.53 Å². The number of rotatable bonds is 5. The summed E-state index contributed by atoms with van der Waals surface area (Å²) in [4.78, 5) is 22.9. The normalized spacial score (nSPS) is 17.8. The van der Waals surface area contributed by atoms with Gasteiger partial charge in [-0.15, -0.1) is 10.2 Å². The summed E-state index contributed by atoms with van der Waals surface area (Å²) >= 11 is 0. The summed E-state index contributed by atoms with van der Waals surface area (Å²) in [5, 5.41) is 14.1. The van der Waals surface area contributed by atoms with Crippen LogP contribution in [-0.2, 0) is 11.2 Å². The molecule has 9 heteroatoms. The summed E-state index contributed by atoms with van der Waals surface area (Å²) in [5.41, 5.74) is 1.06. The van der Waals surface area contributed by atoms with Crippen LogP contribution in [0.4, 0.5) is 5.95 Å². The number of ether oxygens (including phenoxy) is 1. The van der Waals surface area contributed by atoms with Gasteiger partial charge < -0.3 is 9.64 Å². The van der Waals surface area contributed by atoms with Gasteiger partial charge in [0.15, 0.2) is 5.82 Å². The van der Waals surface area contributed by atoms with E-state index in [0.717, 1.165) is 38.2 Å². The highest BCUT2D eigenvalue weighted by Crippen LogP contribution is 2.23. The van der Waals surface area contributed by atoms with E-state index in [4.69, 9.17) is 4.74 Å². The van der Waals surface area contributed by atoms with Gasteiger partial charge in [-0.1, -0.05) is 5.21 Å². The molecule has 0 spiro atoms. The molecule has 1 saturated heterocycles. The van der Waals surface area contributed by atoms with Crippen molar-refractivity contribution in [3.8, 4) is 0 Å². The van der Waals surface area contributed by atoms with Crippen LogP contribution in [0.1, 0.15) is 41.6 Å². The topological polar surface area (TPSA) is 110 Å². The summed E-state index contributed by atoms with van der Waals surface area (Å²) in [5.74, 6) is 1.44. The highest BCUT2D eigenvalue weighted by atomic mass is 16.5. The van der Waals surface area contributed by atoms with Crippen LogP contribution in [0.15, 0.2) is 6.20 Å². The van der Waals surface area contributed by atoms with E-state index in [2.05, 4.69) is 35.5 Å². The molecule has 1 N–H and O–H groups in total. The Bertz CT molecular complexity index is 689. The molecule has 3 heterocycles. The molecule has 0 amide bonds. The van der Waals surface area contributed by atoms with E-state index >= 15 is 0 Å². The predicted octanol–water partition coefficient (Wildman–Crippen LogP) is 0.934. The molecule has 2 aromatic heterocycles. The average Bonchev–Trinajstić information content (AvgIpc) is 3.08. The molecular weight excluding hydrogens is 310 g/mol. The first-order valence-corrected chi connectivity index (χ1v) is 8.15. The average molecular weight is 331 g/mol. The van der Waals surface area contributed by atoms with Crippen molar-refractivity contribution in [1.29, 1.82) is 0 Å². The standard InChI is InChI=1S/C15H21N7O2/c1-3-24-14(23)12-8-16-15(17-10(12)2)22-6-4-5-11(9-22)7-13-18-20-21-19-13/h8,11H,3-7,9H2,1-2H3,(H,18,19,20,21). The van der Waals surface area contributed by atoms with E-state index < -0.39 is 0 Å². The van der Waals surface area contributed by atoms with Gasteiger partial charge in [-0.25, -0.2) is 14.8 Å². The van der Waals surface area contributed by atoms with Crippen LogP contribution >= 0.6 is 0 Å². The summed E-state index contributed by atoms with van der Waals surface area (Å²) in [7, 11) is 0. The molecule has 9 nitrogen and oxygen atoms in total. The number of aromatic nitrogens is 6. The first kappa shape index (κ1) is 16.3. The maximum Gasteiger partial charge on any atom is 0.341 e. The molecule has 1 atom stereocenters. The molecule has 128 valence electrons. The number of nitrogens with zero attached hydrogens (tertiary/aromatic N) is 6. The fourth-order valence-electron chi connectivity index (χ4n) is 2.96. The van der Waals surface area contributed by atoms with Gasteiger partial charge in [-0.3, -0.25) is 0 Å². The molecule has 0 aromatic carbocycles. The molecule has 0 aliphatic carbocycles. The minimum Gasteiger partial charge on any atom is -0.462 e. The van der Waals surface area contributed by atoms with Crippen molar-refractivity contribution in [2.75, 3.05) is 24.6 Å². The maximum absolute atomic E-state index is 11.8. The minimum atomic E-state index is -0.379. The van der Waals surface area contributed by atoms with Crippen molar-refractivity contribution in [3.63, 3.8) is 0 Å². The monoisotopic (exact) mass is 331 g/mol. The summed E-state index contributed by atoms with van der Waals surface area (Å²) in [6, 6.07) is 0. The SMILES string of the molecule is CCOC(=O)c1cnc(N2CCCC(Cc3nn[nH]n3)C2)nc1C. The number of esters is 1. The number of carbonyl (C=O) groups is 1. The fraction of sp³-hybridized carbons (Fsp3) is 0.600. The number of piperidine rings is 1. The van der Waals surface area contributed by atoms with Crippen LogP contribution in [0.2, 0.25) is 0 Å². The number of aromatic amines is 1. The zero-order valence-corrected chi connectivity index (χ0v) is 13.9. The van der Waals surface area contributed by atoms with Gasteiger partial charge in [0.1, 0.15) is 0 Å². The third-order valence-corrected chi connectivity index (χ3v) is 4.12. The second-order valence-corrected chi connectivity index (χ2v) is 5.88. The largest absolute Gasteiger partial charge is 0.462 e. The van der Waals surface area contributed by atoms with Gasteiger partial charge in [0.05, 0.1) is 17.9 Å². The van der Waals surface area contributed by atoms with E-state index in [-0.39, 0.29) is 5.97 Å². The number of anilines is 1. The molecule has 24 heavy (non-hydrogen) atoms. The Morgan fingerprint density at radius 3 is 3.08 bits per heavy atom. The van der Waals surface area contributed by atoms with Gasteiger partial charge in [-0.2, -0.15) is 5.21 Å². The lowest BCUT2D eigenvalue weighted by Gasteiger charge is -2.32. The highest BCUT2D eigenvalue weighted by Gasteiger charge is 2.24. The molecule has 1 unspecified atom stereocenters. The minimum absolute atomic E-state index is 0.337.